The molecule has 0 aliphatic carbocycles. The average Bonchev–Trinajstić information content (AvgIpc) is 2.71. The van der Waals surface area contributed by atoms with Crippen molar-refractivity contribution in [2.75, 3.05) is 5.32 Å². The zero-order valence-corrected chi connectivity index (χ0v) is 20.9. The van der Waals surface area contributed by atoms with Crippen LogP contribution in [0.3, 0.4) is 0 Å². The van der Waals surface area contributed by atoms with E-state index in [4.69, 9.17) is 12.2 Å². The second-order valence-electron chi connectivity index (χ2n) is 8.67. The fraction of sp³-hybridized carbons (Fsp3) is 0.231. The number of hydrogen-bond donors (Lipinski definition) is 2. The Kier molecular flexibility index (Phi) is 6.97. The summed E-state index contributed by atoms with van der Waals surface area (Å²) >= 11 is 9.32. The predicted octanol–water partition coefficient (Wildman–Crippen LogP) is 6.97. The Morgan fingerprint density at radius 1 is 0.968 bits per heavy atom. The number of anilines is 1. The number of hydrogen-bond acceptors (Lipinski definition) is 2. The van der Waals surface area contributed by atoms with Crippen LogP contribution >= 0.6 is 28.1 Å². The third-order valence-corrected chi connectivity index (χ3v) is 6.27. The minimum absolute atomic E-state index is 0.0334. The van der Waals surface area contributed by atoms with Crippen LogP contribution in [0.1, 0.15) is 43.0 Å². The molecule has 3 aromatic rings. The van der Waals surface area contributed by atoms with Crippen molar-refractivity contribution in [3.8, 4) is 0 Å². The highest BCUT2D eigenvalue weighted by Crippen LogP contribution is 2.27. The van der Waals surface area contributed by atoms with E-state index in [1.54, 1.807) is 0 Å². The molecule has 0 fully saturated rings. The fourth-order valence-corrected chi connectivity index (χ4v) is 4.01. The van der Waals surface area contributed by atoms with Gasteiger partial charge in [0.15, 0.2) is 23.1 Å². The van der Waals surface area contributed by atoms with Gasteiger partial charge in [0, 0.05) is 27.9 Å². The predicted molar refractivity (Wildman–Crippen MR) is 137 cm³/mol. The summed E-state index contributed by atoms with van der Waals surface area (Å²) in [6.07, 6.45) is 3.88. The summed E-state index contributed by atoms with van der Waals surface area (Å²) in [5.74, 6) is 0.0994. The molecule has 3 nitrogen and oxygen atoms in total. The summed E-state index contributed by atoms with van der Waals surface area (Å²) in [6.45, 7) is 10.7. The summed E-state index contributed by atoms with van der Waals surface area (Å²) in [5, 5.41) is 14.6. The molecule has 0 aliphatic rings. The Morgan fingerprint density at radius 3 is 2.19 bits per heavy atom. The molecule has 0 radical (unpaired) electrons. The summed E-state index contributed by atoms with van der Waals surface area (Å²) in [5.41, 5.74) is 5.71. The van der Waals surface area contributed by atoms with Crippen LogP contribution in [0.25, 0.3) is 11.5 Å². The summed E-state index contributed by atoms with van der Waals surface area (Å²) < 4.78 is 2.66. The van der Waals surface area contributed by atoms with E-state index in [9.17, 15) is 5.11 Å². The van der Waals surface area contributed by atoms with E-state index in [1.165, 1.54) is 16.7 Å². The van der Waals surface area contributed by atoms with Crippen molar-refractivity contribution >= 4 is 50.3 Å². The molecular weight excluding hydrogens is 468 g/mol. The van der Waals surface area contributed by atoms with Crippen LogP contribution in [-0.4, -0.2) is 10.1 Å². The number of halogens is 1. The lowest BCUT2D eigenvalue weighted by atomic mass is 9.88. The van der Waals surface area contributed by atoms with Gasteiger partial charge in [0.1, 0.15) is 0 Å². The molecular formula is C26H28BrN2OS+. The Hall–Kier alpha value is -2.50. The quantitative estimate of drug-likeness (QED) is 0.177. The van der Waals surface area contributed by atoms with Crippen LogP contribution in [0.15, 0.2) is 71.5 Å². The van der Waals surface area contributed by atoms with Crippen molar-refractivity contribution in [2.45, 2.75) is 40.0 Å². The first-order valence-electron chi connectivity index (χ1n) is 10.2. The Labute approximate surface area is 198 Å². The lowest BCUT2D eigenvalue weighted by Gasteiger charge is -2.18. The highest BCUT2D eigenvalue weighted by atomic mass is 79.9. The van der Waals surface area contributed by atoms with Crippen LogP contribution in [-0.2, 0) is 5.41 Å². The van der Waals surface area contributed by atoms with E-state index in [-0.39, 0.29) is 11.2 Å². The van der Waals surface area contributed by atoms with Gasteiger partial charge in [0.25, 0.3) is 5.70 Å². The van der Waals surface area contributed by atoms with Gasteiger partial charge in [-0.2, -0.15) is 4.57 Å². The van der Waals surface area contributed by atoms with E-state index in [0.717, 1.165) is 10.2 Å². The molecule has 0 unspecified atom stereocenters. The van der Waals surface area contributed by atoms with E-state index in [0.29, 0.717) is 16.2 Å². The molecule has 0 aliphatic heterocycles. The molecule has 0 atom stereocenters. The molecule has 1 heterocycles. The van der Waals surface area contributed by atoms with Crippen LogP contribution < -0.4 is 9.88 Å². The number of aryl methyl sites for hydroxylation is 2. The van der Waals surface area contributed by atoms with Crippen molar-refractivity contribution in [2.24, 2.45) is 0 Å². The number of nitrogens with zero attached hydrogens (tertiary/aromatic N) is 1. The highest BCUT2D eigenvalue weighted by Gasteiger charge is 2.26. The third kappa shape index (κ3) is 5.41. The van der Waals surface area contributed by atoms with Gasteiger partial charge in [0.05, 0.1) is 0 Å². The number of pyridine rings is 1. The first-order chi connectivity index (χ1) is 14.6. The molecule has 2 aromatic carbocycles. The molecule has 0 saturated carbocycles. The third-order valence-electron chi connectivity index (χ3n) is 5.29. The van der Waals surface area contributed by atoms with Gasteiger partial charge in [-0.1, -0.05) is 67.1 Å². The van der Waals surface area contributed by atoms with Crippen LogP contribution in [0.5, 0.6) is 0 Å². The average molecular weight is 496 g/mol. The first kappa shape index (κ1) is 23.2. The fourth-order valence-electron chi connectivity index (χ4n) is 3.21. The molecule has 5 heteroatoms. The minimum Gasteiger partial charge on any atom is -0.502 e. The van der Waals surface area contributed by atoms with Gasteiger partial charge >= 0.3 is 0 Å². The van der Waals surface area contributed by atoms with Gasteiger partial charge in [-0.25, -0.2) is 0 Å². The van der Waals surface area contributed by atoms with Gasteiger partial charge in [0.2, 0.25) is 0 Å². The van der Waals surface area contributed by atoms with Crippen molar-refractivity contribution in [3.05, 3.63) is 93.7 Å². The van der Waals surface area contributed by atoms with Crippen LogP contribution in [0.2, 0.25) is 0 Å². The number of thiocarbonyl (C=S) groups is 1. The van der Waals surface area contributed by atoms with Gasteiger partial charge < -0.3 is 10.4 Å². The van der Waals surface area contributed by atoms with E-state index < -0.39 is 0 Å². The molecule has 3 rings (SSSR count). The van der Waals surface area contributed by atoms with Crippen molar-refractivity contribution in [1.29, 1.82) is 0 Å². The topological polar surface area (TPSA) is 36.1 Å². The molecule has 0 bridgehead atoms. The molecule has 0 spiro atoms. The SMILES string of the molecule is Cc1ccc(NC(=S)/C(=C(\O)c2ccccc2Br)[n+]2ccc(C(C)(C)C)cc2)cc1C. The minimum atomic E-state index is 0.0334. The molecule has 31 heavy (non-hydrogen) atoms. The lowest BCUT2D eigenvalue weighted by Crippen LogP contribution is -2.39. The van der Waals surface area contributed by atoms with Gasteiger partial charge in [-0.05, 0) is 60.2 Å². The number of rotatable bonds is 4. The lowest BCUT2D eigenvalue weighted by molar-refractivity contribution is -0.575. The maximum Gasteiger partial charge on any atom is 0.288 e. The number of nitrogens with one attached hydrogen (secondary N) is 1. The summed E-state index contributed by atoms with van der Waals surface area (Å²) in [6, 6.07) is 17.8. The Balaban J connectivity index is 2.10. The Morgan fingerprint density at radius 2 is 1.61 bits per heavy atom. The van der Waals surface area contributed by atoms with E-state index in [1.807, 2.05) is 47.3 Å². The zero-order chi connectivity index (χ0) is 22.8. The normalized spacial score (nSPS) is 12.3. The number of benzene rings is 2. The molecule has 160 valence electrons. The highest BCUT2D eigenvalue weighted by molar-refractivity contribution is 9.10. The van der Waals surface area contributed by atoms with E-state index >= 15 is 0 Å². The Bertz CT molecular complexity index is 1140. The summed E-state index contributed by atoms with van der Waals surface area (Å²) in [4.78, 5) is 0.435. The van der Waals surface area contributed by atoms with Gasteiger partial charge in [-0.3, -0.25) is 0 Å². The van der Waals surface area contributed by atoms with Crippen molar-refractivity contribution in [1.82, 2.24) is 0 Å². The standard InChI is InChI=1S/C26H27BrN2OS/c1-17-10-11-20(16-18(17)2)28-25(31)23(24(30)21-8-6-7-9-22(21)27)29-14-12-19(13-15-29)26(3,4)5/h6-16H,1-5H3,(H-,28,30,31)/p+1. The number of aliphatic hydroxyl groups excluding tert-OH is 1. The summed E-state index contributed by atoms with van der Waals surface area (Å²) in [7, 11) is 0. The molecule has 1 aromatic heterocycles. The van der Waals surface area contributed by atoms with Crippen LogP contribution in [0.4, 0.5) is 5.69 Å². The molecule has 0 amide bonds. The second-order valence-corrected chi connectivity index (χ2v) is 9.94. The first-order valence-corrected chi connectivity index (χ1v) is 11.4. The second kappa shape index (κ2) is 9.33. The molecule has 0 saturated heterocycles. The van der Waals surface area contributed by atoms with Gasteiger partial charge in [-0.15, -0.1) is 0 Å². The van der Waals surface area contributed by atoms with Crippen LogP contribution in [0, 0.1) is 13.8 Å². The van der Waals surface area contributed by atoms with E-state index in [2.05, 4.69) is 80.1 Å². The monoisotopic (exact) mass is 495 g/mol. The zero-order valence-electron chi connectivity index (χ0n) is 18.5. The largest absolute Gasteiger partial charge is 0.502 e. The maximum atomic E-state index is 11.3. The van der Waals surface area contributed by atoms with Crippen molar-refractivity contribution < 1.29 is 9.67 Å². The number of aromatic nitrogens is 1. The number of aliphatic hydroxyl groups is 1. The smallest absolute Gasteiger partial charge is 0.288 e. The van der Waals surface area contributed by atoms with Crippen molar-refractivity contribution in [3.63, 3.8) is 0 Å². The maximum absolute atomic E-state index is 11.3. The molecule has 2 N–H and O–H groups in total.